The highest BCUT2D eigenvalue weighted by molar-refractivity contribution is 5.85. The molecule has 4 nitrogen and oxygen atoms in total. The Kier molecular flexibility index (Phi) is 7.85. The van der Waals surface area contributed by atoms with Crippen LogP contribution in [0.25, 0.3) is 0 Å². The molecule has 2 aliphatic rings. The van der Waals surface area contributed by atoms with Gasteiger partial charge in [-0.15, -0.1) is 0 Å². The minimum atomic E-state index is -1.80. The normalized spacial score (nSPS) is 24.8. The molecule has 4 atom stereocenters. The molecule has 0 radical (unpaired) electrons. The van der Waals surface area contributed by atoms with Crippen molar-refractivity contribution in [2.24, 2.45) is 11.8 Å². The Bertz CT molecular complexity index is 847. The second-order valence-electron chi connectivity index (χ2n) is 9.97. The van der Waals surface area contributed by atoms with Crippen molar-refractivity contribution < 1.29 is 36.1 Å². The molecule has 0 heterocycles. The molecule has 2 saturated carbocycles. The summed E-state index contributed by atoms with van der Waals surface area (Å²) in [4.78, 5) is 13.5. The summed E-state index contributed by atoms with van der Waals surface area (Å²) in [6, 6.07) is 18.9. The van der Waals surface area contributed by atoms with Gasteiger partial charge in [0.25, 0.3) is 0 Å². The number of hydrogen-bond donors (Lipinski definition) is 1. The van der Waals surface area contributed by atoms with E-state index in [2.05, 4.69) is 21.0 Å². The van der Waals surface area contributed by atoms with E-state index in [1.54, 1.807) is 24.3 Å². The summed E-state index contributed by atoms with van der Waals surface area (Å²) in [5.74, 6) is 0.410. The molecule has 2 aromatic carbocycles. The summed E-state index contributed by atoms with van der Waals surface area (Å²) in [5.41, 5.74) is -0.707. The topological polar surface area (TPSA) is 46.5 Å². The number of benzene rings is 2. The lowest BCUT2D eigenvalue weighted by Gasteiger charge is -2.39. The Labute approximate surface area is 203 Å². The predicted molar refractivity (Wildman–Crippen MR) is 122 cm³/mol. The molecule has 0 amide bonds. The number of carbonyl (C=O) groups excluding carboxylic acids is 1. The Balaban J connectivity index is 0.00000289. The van der Waals surface area contributed by atoms with Gasteiger partial charge in [0.2, 0.25) is 5.60 Å². The number of nitrogens with zero attached hydrogens (tertiary/aromatic N) is 1. The maximum Gasteiger partial charge on any atom is 0.347 e. The van der Waals surface area contributed by atoms with Crippen molar-refractivity contribution in [3.8, 4) is 0 Å². The highest BCUT2D eigenvalue weighted by atomic mass is 79.9. The van der Waals surface area contributed by atoms with Crippen molar-refractivity contribution in [2.75, 3.05) is 20.6 Å². The molecule has 4 rings (SSSR count). The molecule has 0 aliphatic heterocycles. The van der Waals surface area contributed by atoms with Crippen molar-refractivity contribution >= 4 is 5.97 Å². The zero-order valence-electron chi connectivity index (χ0n) is 19.4. The quantitative estimate of drug-likeness (QED) is 0.440. The summed E-state index contributed by atoms with van der Waals surface area (Å²) < 4.78 is 7.15. The van der Waals surface area contributed by atoms with Gasteiger partial charge in [-0.05, 0) is 36.8 Å². The fourth-order valence-electron chi connectivity index (χ4n) is 6.16. The van der Waals surface area contributed by atoms with Crippen LogP contribution in [0, 0.1) is 11.8 Å². The average Bonchev–Trinajstić information content (AvgIpc) is 3.37. The number of carbonyl (C=O) groups is 1. The molecule has 0 aromatic heterocycles. The Morgan fingerprint density at radius 2 is 1.59 bits per heavy atom. The van der Waals surface area contributed by atoms with Gasteiger partial charge < -0.3 is 31.3 Å². The van der Waals surface area contributed by atoms with Crippen LogP contribution < -0.4 is 17.0 Å². The number of rotatable bonds is 8. The first-order chi connectivity index (χ1) is 14.9. The van der Waals surface area contributed by atoms with Gasteiger partial charge in [-0.2, -0.15) is 0 Å². The van der Waals surface area contributed by atoms with E-state index in [-0.39, 0.29) is 23.1 Å². The lowest BCUT2D eigenvalue weighted by molar-refractivity contribution is -0.919. The lowest BCUT2D eigenvalue weighted by atomic mass is 9.86. The molecule has 2 fully saturated rings. The van der Waals surface area contributed by atoms with E-state index >= 15 is 0 Å². The Morgan fingerprint density at radius 1 is 1.03 bits per heavy atom. The Hall–Kier alpha value is -1.69. The predicted octanol–water partition coefficient (Wildman–Crippen LogP) is 1.51. The van der Waals surface area contributed by atoms with Gasteiger partial charge in [0, 0.05) is 11.8 Å². The minimum absolute atomic E-state index is 0. The van der Waals surface area contributed by atoms with Crippen LogP contribution in [-0.4, -0.2) is 48.3 Å². The maximum absolute atomic E-state index is 13.5. The van der Waals surface area contributed by atoms with Crippen LogP contribution in [0.5, 0.6) is 0 Å². The third kappa shape index (κ3) is 4.52. The van der Waals surface area contributed by atoms with Gasteiger partial charge in [-0.25, -0.2) is 4.79 Å². The van der Waals surface area contributed by atoms with E-state index in [1.165, 1.54) is 19.3 Å². The highest BCUT2D eigenvalue weighted by Crippen LogP contribution is 2.50. The zero-order valence-corrected chi connectivity index (χ0v) is 21.0. The zero-order chi connectivity index (χ0) is 22.1. The smallest absolute Gasteiger partial charge is 0.347 e. The number of hydrogen-bond acceptors (Lipinski definition) is 3. The summed E-state index contributed by atoms with van der Waals surface area (Å²) in [6.45, 7) is 3.40. The summed E-state index contributed by atoms with van der Waals surface area (Å²) in [5, 5.41) is 11.7. The summed E-state index contributed by atoms with van der Waals surface area (Å²) >= 11 is 0. The minimum Gasteiger partial charge on any atom is -1.00 e. The van der Waals surface area contributed by atoms with Gasteiger partial charge >= 0.3 is 5.97 Å². The molecular formula is C27H36BrNO3. The van der Waals surface area contributed by atoms with Crippen molar-refractivity contribution in [1.29, 1.82) is 0 Å². The third-order valence-corrected chi connectivity index (χ3v) is 7.64. The van der Waals surface area contributed by atoms with Gasteiger partial charge in [-0.1, -0.05) is 74.0 Å². The van der Waals surface area contributed by atoms with Gasteiger partial charge in [0.05, 0.1) is 26.7 Å². The first-order valence-electron chi connectivity index (χ1n) is 11.7. The number of esters is 1. The molecule has 2 aliphatic carbocycles. The number of quaternary nitrogens is 1. The van der Waals surface area contributed by atoms with Crippen LogP contribution in [0.2, 0.25) is 0 Å². The van der Waals surface area contributed by atoms with Crippen molar-refractivity contribution in [3.05, 3.63) is 71.8 Å². The number of halogens is 1. The van der Waals surface area contributed by atoms with Crippen LogP contribution in [0.3, 0.4) is 0 Å². The second kappa shape index (κ2) is 10.1. The van der Waals surface area contributed by atoms with E-state index in [0.717, 1.165) is 23.9 Å². The van der Waals surface area contributed by atoms with Crippen LogP contribution in [-0.2, 0) is 15.1 Å². The third-order valence-electron chi connectivity index (χ3n) is 7.64. The van der Waals surface area contributed by atoms with Crippen LogP contribution in [0.1, 0.15) is 50.2 Å². The van der Waals surface area contributed by atoms with E-state index in [0.29, 0.717) is 29.0 Å². The number of unbranched alkanes of at least 4 members (excludes halogenated alkanes) is 1. The van der Waals surface area contributed by atoms with Crippen molar-refractivity contribution in [1.82, 2.24) is 0 Å². The van der Waals surface area contributed by atoms with Crippen LogP contribution in [0.4, 0.5) is 0 Å². The number of ether oxygens (including phenoxy) is 1. The van der Waals surface area contributed by atoms with E-state index in [4.69, 9.17) is 4.74 Å². The molecule has 1 N–H and O–H groups in total. The fourth-order valence-corrected chi connectivity index (χ4v) is 6.16. The number of fused-ring (bicyclic) bond motifs is 2. The molecule has 4 unspecified atom stereocenters. The van der Waals surface area contributed by atoms with E-state index < -0.39 is 11.6 Å². The maximum atomic E-state index is 13.5. The SMILES string of the molecule is CCCC[N+](C)(C)C1C2CCC1C(OC(=O)C(O)(c1ccccc1)c1ccccc1)C2.[Br-]. The molecule has 0 spiro atoms. The molecule has 174 valence electrons. The van der Waals surface area contributed by atoms with Crippen molar-refractivity contribution in [3.63, 3.8) is 0 Å². The first kappa shape index (κ1) is 24.9. The first-order valence-corrected chi connectivity index (χ1v) is 11.7. The Morgan fingerprint density at radius 3 is 2.12 bits per heavy atom. The molecule has 0 saturated heterocycles. The van der Waals surface area contributed by atoms with Gasteiger partial charge in [0.1, 0.15) is 6.10 Å². The molecule has 2 bridgehead atoms. The van der Waals surface area contributed by atoms with Crippen molar-refractivity contribution in [2.45, 2.75) is 56.8 Å². The molecule has 32 heavy (non-hydrogen) atoms. The molecular weight excluding hydrogens is 466 g/mol. The average molecular weight is 502 g/mol. The van der Waals surface area contributed by atoms with Gasteiger partial charge in [0.15, 0.2) is 0 Å². The second-order valence-corrected chi connectivity index (χ2v) is 9.97. The van der Waals surface area contributed by atoms with E-state index in [1.807, 2.05) is 36.4 Å². The molecule has 2 aromatic rings. The van der Waals surface area contributed by atoms with Crippen LogP contribution in [0.15, 0.2) is 60.7 Å². The highest BCUT2D eigenvalue weighted by Gasteiger charge is 2.57. The standard InChI is InChI=1S/C27H36NO3.BrH/c1-4-5-18-28(2,3)25-20-16-17-23(25)24(19-20)31-26(29)27(30,21-12-8-6-9-13-21)22-14-10-7-11-15-22;/h6-15,20,23-25,30H,4-5,16-19H2,1-3H3;1H/q+1;/p-1. The lowest BCUT2D eigenvalue weighted by Crippen LogP contribution is -3.00. The molecule has 5 heteroatoms. The summed E-state index contributed by atoms with van der Waals surface area (Å²) in [6.07, 6.45) is 5.54. The number of aliphatic hydroxyl groups is 1. The largest absolute Gasteiger partial charge is 1.00 e. The summed E-state index contributed by atoms with van der Waals surface area (Å²) in [7, 11) is 4.67. The van der Waals surface area contributed by atoms with Crippen LogP contribution >= 0.6 is 0 Å². The van der Waals surface area contributed by atoms with E-state index in [9.17, 15) is 9.90 Å². The van der Waals surface area contributed by atoms with Gasteiger partial charge in [-0.3, -0.25) is 0 Å². The fraction of sp³-hybridized carbons (Fsp3) is 0.519. The monoisotopic (exact) mass is 501 g/mol.